The van der Waals surface area contributed by atoms with Crippen LogP contribution < -0.4 is 10.4 Å². The second kappa shape index (κ2) is 7.14. The van der Waals surface area contributed by atoms with Crippen molar-refractivity contribution in [2.75, 3.05) is 0 Å². The normalized spacial score (nSPS) is 20.3. The van der Waals surface area contributed by atoms with E-state index < -0.39 is 0 Å². The van der Waals surface area contributed by atoms with Crippen molar-refractivity contribution in [2.24, 2.45) is 5.41 Å². The molecule has 0 aromatic heterocycles. The fourth-order valence-corrected chi connectivity index (χ4v) is 4.45. The van der Waals surface area contributed by atoms with E-state index in [2.05, 4.69) is 131 Å². The van der Waals surface area contributed by atoms with Gasteiger partial charge in [0.1, 0.15) is 0 Å². The molecule has 0 radical (unpaired) electrons. The standard InChI is InChI=1S/C27H26S/c1-20-10-12-23(13-11-20)27(3,24-14-16-25(28)17-15-24)26(2)18-6-9-21-7-4-5-8-22(21)19-26/h4-19,28H,1-3H3. The lowest BCUT2D eigenvalue weighted by Gasteiger charge is -2.44. The fraction of sp³-hybridized carbons (Fsp3) is 0.185. The van der Waals surface area contributed by atoms with E-state index in [1.165, 1.54) is 27.1 Å². The highest BCUT2D eigenvalue weighted by atomic mass is 32.1. The van der Waals surface area contributed by atoms with Crippen LogP contribution in [-0.2, 0) is 5.41 Å². The molecule has 3 aromatic rings. The molecule has 4 rings (SSSR count). The van der Waals surface area contributed by atoms with Gasteiger partial charge in [0, 0.05) is 15.7 Å². The lowest BCUT2D eigenvalue weighted by atomic mass is 9.58. The SMILES string of the molecule is Cc1ccc(C(C)(c2ccc(S)cc2)C2(C)C=CC=c3ccccc3=C2)cc1. The molecule has 0 aliphatic heterocycles. The quantitative estimate of drug-likeness (QED) is 0.574. The zero-order valence-corrected chi connectivity index (χ0v) is 17.6. The Bertz CT molecular complexity index is 1090. The maximum atomic E-state index is 4.50. The van der Waals surface area contributed by atoms with Crippen LogP contribution in [0.1, 0.15) is 30.5 Å². The summed E-state index contributed by atoms with van der Waals surface area (Å²) in [7, 11) is 0. The third-order valence-electron chi connectivity index (χ3n) is 6.32. The summed E-state index contributed by atoms with van der Waals surface area (Å²) in [6, 6.07) is 26.2. The molecule has 0 amide bonds. The van der Waals surface area contributed by atoms with Gasteiger partial charge in [0.05, 0.1) is 0 Å². The van der Waals surface area contributed by atoms with Crippen LogP contribution in [0.15, 0.2) is 89.8 Å². The van der Waals surface area contributed by atoms with Gasteiger partial charge < -0.3 is 0 Å². The summed E-state index contributed by atoms with van der Waals surface area (Å²) in [5.74, 6) is 0. The molecule has 0 heterocycles. The number of thiol groups is 1. The summed E-state index contributed by atoms with van der Waals surface area (Å²) in [5, 5.41) is 2.54. The fourth-order valence-electron chi connectivity index (χ4n) is 4.30. The van der Waals surface area contributed by atoms with Crippen LogP contribution in [0, 0.1) is 12.3 Å². The van der Waals surface area contributed by atoms with Gasteiger partial charge in [0.2, 0.25) is 0 Å². The molecule has 1 aliphatic carbocycles. The van der Waals surface area contributed by atoms with E-state index in [-0.39, 0.29) is 10.8 Å². The van der Waals surface area contributed by atoms with Crippen molar-refractivity contribution in [3.63, 3.8) is 0 Å². The molecule has 0 saturated carbocycles. The van der Waals surface area contributed by atoms with Gasteiger partial charge in [-0.3, -0.25) is 0 Å². The molecule has 28 heavy (non-hydrogen) atoms. The Balaban J connectivity index is 2.01. The van der Waals surface area contributed by atoms with Gasteiger partial charge in [-0.2, -0.15) is 0 Å². The van der Waals surface area contributed by atoms with E-state index in [1.807, 2.05) is 0 Å². The van der Waals surface area contributed by atoms with Crippen LogP contribution >= 0.6 is 12.6 Å². The predicted octanol–water partition coefficient (Wildman–Crippen LogP) is 5.43. The van der Waals surface area contributed by atoms with E-state index in [4.69, 9.17) is 0 Å². The Kier molecular flexibility index (Phi) is 4.81. The van der Waals surface area contributed by atoms with Crippen LogP contribution in [0.2, 0.25) is 0 Å². The number of hydrogen-bond donors (Lipinski definition) is 1. The third-order valence-corrected chi connectivity index (χ3v) is 6.62. The first-order valence-electron chi connectivity index (χ1n) is 9.77. The molecule has 2 unspecified atom stereocenters. The number of benzene rings is 3. The summed E-state index contributed by atoms with van der Waals surface area (Å²) in [5.41, 5.74) is 3.44. The van der Waals surface area contributed by atoms with Crippen molar-refractivity contribution in [1.29, 1.82) is 0 Å². The average molecular weight is 383 g/mol. The molecule has 0 N–H and O–H groups in total. The van der Waals surface area contributed by atoms with Gasteiger partial charge in [0.25, 0.3) is 0 Å². The van der Waals surface area contributed by atoms with E-state index >= 15 is 0 Å². The number of allylic oxidation sites excluding steroid dienone is 2. The molecule has 0 saturated heterocycles. The molecule has 0 bridgehead atoms. The maximum Gasteiger partial charge on any atom is 0.0297 e. The average Bonchev–Trinajstić information content (AvgIpc) is 2.87. The highest BCUT2D eigenvalue weighted by Crippen LogP contribution is 2.49. The lowest BCUT2D eigenvalue weighted by Crippen LogP contribution is -2.41. The first-order valence-corrected chi connectivity index (χ1v) is 10.2. The Morgan fingerprint density at radius 2 is 1.36 bits per heavy atom. The Morgan fingerprint density at radius 1 is 0.786 bits per heavy atom. The van der Waals surface area contributed by atoms with E-state index in [9.17, 15) is 0 Å². The van der Waals surface area contributed by atoms with Crippen molar-refractivity contribution in [3.05, 3.63) is 112 Å². The van der Waals surface area contributed by atoms with Gasteiger partial charge >= 0.3 is 0 Å². The molecule has 1 aliphatic rings. The van der Waals surface area contributed by atoms with Crippen LogP contribution in [0.4, 0.5) is 0 Å². The number of rotatable bonds is 3. The second-order valence-corrected chi connectivity index (χ2v) is 8.64. The Hall–Kier alpha value is -2.51. The third kappa shape index (κ3) is 3.14. The van der Waals surface area contributed by atoms with E-state index in [0.717, 1.165) is 4.90 Å². The highest BCUT2D eigenvalue weighted by molar-refractivity contribution is 7.80. The molecular weight excluding hydrogens is 356 g/mol. The van der Waals surface area contributed by atoms with Crippen molar-refractivity contribution < 1.29 is 0 Å². The van der Waals surface area contributed by atoms with Gasteiger partial charge in [-0.25, -0.2) is 0 Å². The minimum Gasteiger partial charge on any atom is -0.143 e. The largest absolute Gasteiger partial charge is 0.143 e. The summed E-state index contributed by atoms with van der Waals surface area (Å²) in [6.07, 6.45) is 9.20. The van der Waals surface area contributed by atoms with Gasteiger partial charge in [0.15, 0.2) is 0 Å². The van der Waals surface area contributed by atoms with Gasteiger partial charge in [-0.05, 0) is 40.6 Å². The van der Waals surface area contributed by atoms with Crippen molar-refractivity contribution in [1.82, 2.24) is 0 Å². The van der Waals surface area contributed by atoms with Crippen LogP contribution in [0.25, 0.3) is 12.2 Å². The zero-order valence-electron chi connectivity index (χ0n) is 16.7. The molecule has 140 valence electrons. The van der Waals surface area contributed by atoms with Crippen molar-refractivity contribution >= 4 is 24.8 Å². The van der Waals surface area contributed by atoms with Crippen molar-refractivity contribution in [3.8, 4) is 0 Å². The van der Waals surface area contributed by atoms with Crippen LogP contribution in [-0.4, -0.2) is 0 Å². The molecular formula is C27H26S. The summed E-state index contributed by atoms with van der Waals surface area (Å²) >= 11 is 4.50. The monoisotopic (exact) mass is 382 g/mol. The summed E-state index contributed by atoms with van der Waals surface area (Å²) in [6.45, 7) is 6.84. The topological polar surface area (TPSA) is 0 Å². The zero-order chi connectivity index (χ0) is 19.8. The minimum absolute atomic E-state index is 0.205. The summed E-state index contributed by atoms with van der Waals surface area (Å²) < 4.78 is 0. The number of aryl methyl sites for hydroxylation is 1. The van der Waals surface area contributed by atoms with E-state index in [0.29, 0.717) is 0 Å². The van der Waals surface area contributed by atoms with Crippen molar-refractivity contribution in [2.45, 2.75) is 31.1 Å². The smallest absolute Gasteiger partial charge is 0.0297 e. The van der Waals surface area contributed by atoms with Crippen LogP contribution in [0.5, 0.6) is 0 Å². The highest BCUT2D eigenvalue weighted by Gasteiger charge is 2.44. The molecule has 3 aromatic carbocycles. The lowest BCUT2D eigenvalue weighted by molar-refractivity contribution is 0.361. The summed E-state index contributed by atoms with van der Waals surface area (Å²) in [4.78, 5) is 0.985. The first kappa shape index (κ1) is 18.8. The maximum absolute atomic E-state index is 4.50. The Labute approximate surface area is 173 Å². The first-order chi connectivity index (χ1) is 13.4. The number of fused-ring (bicyclic) bond motifs is 1. The minimum atomic E-state index is -0.232. The van der Waals surface area contributed by atoms with E-state index in [1.54, 1.807) is 0 Å². The molecule has 0 nitrogen and oxygen atoms in total. The van der Waals surface area contributed by atoms with Gasteiger partial charge in [-0.15, -0.1) is 12.6 Å². The second-order valence-electron chi connectivity index (χ2n) is 8.12. The number of hydrogen-bond acceptors (Lipinski definition) is 1. The molecule has 0 fully saturated rings. The predicted molar refractivity (Wildman–Crippen MR) is 123 cm³/mol. The molecule has 0 spiro atoms. The van der Waals surface area contributed by atoms with Gasteiger partial charge in [-0.1, -0.05) is 104 Å². The molecule has 2 atom stereocenters. The Morgan fingerprint density at radius 3 is 2.00 bits per heavy atom. The molecule has 1 heteroatoms. The van der Waals surface area contributed by atoms with Crippen LogP contribution in [0.3, 0.4) is 0 Å².